The van der Waals surface area contributed by atoms with Gasteiger partial charge in [-0.1, -0.05) is 25.0 Å². The maximum atomic E-state index is 13.1. The molecule has 0 unspecified atom stereocenters. The topological polar surface area (TPSA) is 105 Å². The van der Waals surface area contributed by atoms with Crippen LogP contribution in [-0.4, -0.2) is 47.2 Å². The number of amides is 1. The number of piperidine rings is 1. The van der Waals surface area contributed by atoms with Crippen LogP contribution in [-0.2, 0) is 14.8 Å². The van der Waals surface area contributed by atoms with E-state index in [9.17, 15) is 17.6 Å². The zero-order valence-electron chi connectivity index (χ0n) is 18.8. The molecule has 34 heavy (non-hydrogen) atoms. The normalized spacial score (nSPS) is 15.5. The number of hydrogen-bond acceptors (Lipinski definition) is 7. The van der Waals surface area contributed by atoms with Gasteiger partial charge in [-0.3, -0.25) is 10.1 Å². The Labute approximate surface area is 202 Å². The van der Waals surface area contributed by atoms with Gasteiger partial charge in [0.1, 0.15) is 5.82 Å². The summed E-state index contributed by atoms with van der Waals surface area (Å²) in [5.74, 6) is -0.874. The molecule has 4 rings (SSSR count). The number of benzene rings is 2. The van der Waals surface area contributed by atoms with Crippen LogP contribution < -0.4 is 5.32 Å². The average Bonchev–Trinajstić information content (AvgIpc) is 3.28. The van der Waals surface area contributed by atoms with Crippen LogP contribution in [0.2, 0.25) is 0 Å². The largest absolute Gasteiger partial charge is 0.403 e. The van der Waals surface area contributed by atoms with Gasteiger partial charge in [0.25, 0.3) is 0 Å². The van der Waals surface area contributed by atoms with Crippen molar-refractivity contribution in [2.75, 3.05) is 18.4 Å². The molecular weight excluding hydrogens is 479 g/mol. The van der Waals surface area contributed by atoms with Crippen molar-refractivity contribution >= 4 is 33.7 Å². The van der Waals surface area contributed by atoms with E-state index >= 15 is 0 Å². The molecule has 180 valence electrons. The minimum absolute atomic E-state index is 0.00304. The Balaban J connectivity index is 1.35. The first-order valence-electron chi connectivity index (χ1n) is 10.9. The van der Waals surface area contributed by atoms with Crippen LogP contribution in [0.3, 0.4) is 0 Å². The van der Waals surface area contributed by atoms with E-state index < -0.39 is 15.8 Å². The number of aromatic nitrogens is 2. The Morgan fingerprint density at radius 1 is 1.15 bits per heavy atom. The summed E-state index contributed by atoms with van der Waals surface area (Å²) in [5, 5.41) is 11.0. The van der Waals surface area contributed by atoms with Gasteiger partial charge < -0.3 is 4.42 Å². The summed E-state index contributed by atoms with van der Waals surface area (Å²) < 4.78 is 45.6. The number of hydrogen-bond donors (Lipinski definition) is 1. The lowest BCUT2D eigenvalue weighted by atomic mass is 9.97. The van der Waals surface area contributed by atoms with Crippen molar-refractivity contribution in [1.82, 2.24) is 14.5 Å². The van der Waals surface area contributed by atoms with E-state index in [1.54, 1.807) is 11.8 Å². The van der Waals surface area contributed by atoms with E-state index in [1.807, 2.05) is 24.3 Å². The van der Waals surface area contributed by atoms with Gasteiger partial charge in [0.15, 0.2) is 0 Å². The lowest BCUT2D eigenvalue weighted by molar-refractivity contribution is -0.121. The van der Waals surface area contributed by atoms with Crippen molar-refractivity contribution in [3.05, 3.63) is 54.3 Å². The summed E-state index contributed by atoms with van der Waals surface area (Å²) in [5.41, 5.74) is 0.762. The molecule has 1 N–H and O–H groups in total. The lowest BCUT2D eigenvalue weighted by Gasteiger charge is -2.30. The number of anilines is 1. The molecule has 2 heterocycles. The summed E-state index contributed by atoms with van der Waals surface area (Å²) in [6, 6.07) is 12.5. The number of nitrogens with one attached hydrogen (secondary N) is 1. The first kappa shape index (κ1) is 24.4. The van der Waals surface area contributed by atoms with E-state index in [4.69, 9.17) is 4.42 Å². The van der Waals surface area contributed by atoms with Crippen molar-refractivity contribution in [3.63, 3.8) is 0 Å². The lowest BCUT2D eigenvalue weighted by Crippen LogP contribution is -2.41. The molecule has 1 aliphatic heterocycles. The Morgan fingerprint density at radius 3 is 2.53 bits per heavy atom. The van der Waals surface area contributed by atoms with Gasteiger partial charge in [0.05, 0.1) is 4.90 Å². The number of halogens is 1. The number of nitrogens with zero attached hydrogens (tertiary/aromatic N) is 3. The second-order valence-corrected chi connectivity index (χ2v) is 11.8. The zero-order valence-corrected chi connectivity index (χ0v) is 20.4. The number of thioether (sulfide) groups is 1. The molecule has 8 nitrogen and oxygen atoms in total. The Morgan fingerprint density at radius 2 is 1.85 bits per heavy atom. The van der Waals surface area contributed by atoms with Crippen molar-refractivity contribution < 1.29 is 22.0 Å². The monoisotopic (exact) mass is 504 g/mol. The van der Waals surface area contributed by atoms with E-state index in [2.05, 4.69) is 29.4 Å². The quantitative estimate of drug-likeness (QED) is 0.475. The van der Waals surface area contributed by atoms with Gasteiger partial charge in [-0.25, -0.2) is 12.8 Å². The second kappa shape index (κ2) is 10.2. The van der Waals surface area contributed by atoms with Crippen molar-refractivity contribution in [3.8, 4) is 11.5 Å². The van der Waals surface area contributed by atoms with Crippen molar-refractivity contribution in [2.45, 2.75) is 41.7 Å². The molecule has 1 aromatic heterocycles. The summed E-state index contributed by atoms with van der Waals surface area (Å²) in [7, 11) is -3.73. The van der Waals surface area contributed by atoms with E-state index in [1.165, 1.54) is 16.4 Å². The smallest absolute Gasteiger partial charge is 0.322 e. The maximum Gasteiger partial charge on any atom is 0.322 e. The standard InChI is InChI=1S/C23H25FN4O4S2/c1-15(2)33-19-5-3-4-17(14-19)22-26-27-23(32-22)25-21(29)16-10-12-28(13-11-16)34(30,31)20-8-6-18(24)7-9-20/h3-9,14-16H,10-13H2,1-2H3,(H,25,27,29). The molecule has 1 fully saturated rings. The van der Waals surface area contributed by atoms with Gasteiger partial charge in [0, 0.05) is 34.7 Å². The average molecular weight is 505 g/mol. The van der Waals surface area contributed by atoms with Gasteiger partial charge in [-0.2, -0.15) is 4.31 Å². The van der Waals surface area contributed by atoms with Crippen LogP contribution in [0.1, 0.15) is 26.7 Å². The molecule has 2 aromatic carbocycles. The molecule has 0 radical (unpaired) electrons. The third-order valence-corrected chi connectivity index (χ3v) is 8.29. The molecule has 1 aliphatic rings. The third kappa shape index (κ3) is 5.65. The molecule has 11 heteroatoms. The van der Waals surface area contributed by atoms with Crippen LogP contribution in [0.4, 0.5) is 10.4 Å². The Bertz CT molecular complexity index is 1250. The van der Waals surface area contributed by atoms with Gasteiger partial charge in [0.2, 0.25) is 21.8 Å². The number of sulfonamides is 1. The number of rotatable bonds is 7. The minimum atomic E-state index is -3.73. The SMILES string of the molecule is CC(C)Sc1cccc(-c2nnc(NC(=O)C3CCN(S(=O)(=O)c4ccc(F)cc4)CC3)o2)c1. The molecule has 1 saturated heterocycles. The summed E-state index contributed by atoms with van der Waals surface area (Å²) in [6.45, 7) is 4.60. The summed E-state index contributed by atoms with van der Waals surface area (Å²) >= 11 is 1.72. The number of carbonyl (C=O) groups excluding carboxylic acids is 1. The molecule has 0 aliphatic carbocycles. The first-order chi connectivity index (χ1) is 16.2. The first-order valence-corrected chi connectivity index (χ1v) is 13.2. The fourth-order valence-corrected chi connectivity index (χ4v) is 6.05. The van der Waals surface area contributed by atoms with Crippen LogP contribution in [0.5, 0.6) is 0 Å². The predicted octanol–water partition coefficient (Wildman–Crippen LogP) is 4.42. The minimum Gasteiger partial charge on any atom is -0.403 e. The summed E-state index contributed by atoms with van der Waals surface area (Å²) in [6.07, 6.45) is 0.698. The van der Waals surface area contributed by atoms with Gasteiger partial charge in [-0.15, -0.1) is 16.9 Å². The highest BCUT2D eigenvalue weighted by Crippen LogP contribution is 2.29. The van der Waals surface area contributed by atoms with Crippen LogP contribution in [0.25, 0.3) is 11.5 Å². The molecule has 0 saturated carbocycles. The fraction of sp³-hybridized carbons (Fsp3) is 0.348. The second-order valence-electron chi connectivity index (χ2n) is 8.23. The molecule has 3 aromatic rings. The Hall–Kier alpha value is -2.76. The molecular formula is C23H25FN4O4S2. The van der Waals surface area contributed by atoms with Crippen LogP contribution >= 0.6 is 11.8 Å². The molecule has 0 atom stereocenters. The van der Waals surface area contributed by atoms with Gasteiger partial charge in [-0.05, 0) is 55.3 Å². The highest BCUT2D eigenvalue weighted by atomic mass is 32.2. The van der Waals surface area contributed by atoms with E-state index in [0.29, 0.717) is 24.0 Å². The number of carbonyl (C=O) groups is 1. The zero-order chi connectivity index (χ0) is 24.3. The fourth-order valence-electron chi connectivity index (χ4n) is 3.69. The predicted molar refractivity (Wildman–Crippen MR) is 127 cm³/mol. The van der Waals surface area contributed by atoms with Crippen LogP contribution in [0, 0.1) is 11.7 Å². The van der Waals surface area contributed by atoms with E-state index in [0.717, 1.165) is 22.6 Å². The maximum absolute atomic E-state index is 13.1. The third-order valence-electron chi connectivity index (χ3n) is 5.38. The molecule has 0 spiro atoms. The van der Waals surface area contributed by atoms with Crippen molar-refractivity contribution in [1.29, 1.82) is 0 Å². The molecule has 1 amide bonds. The van der Waals surface area contributed by atoms with Gasteiger partial charge >= 0.3 is 6.01 Å². The van der Waals surface area contributed by atoms with Crippen molar-refractivity contribution in [2.24, 2.45) is 5.92 Å². The van der Waals surface area contributed by atoms with Crippen LogP contribution in [0.15, 0.2) is 62.7 Å². The molecule has 0 bridgehead atoms. The highest BCUT2D eigenvalue weighted by Gasteiger charge is 2.32. The highest BCUT2D eigenvalue weighted by molar-refractivity contribution is 7.99. The summed E-state index contributed by atoms with van der Waals surface area (Å²) in [4.78, 5) is 13.8. The van der Waals surface area contributed by atoms with E-state index in [-0.39, 0.29) is 35.8 Å². The Kier molecular flexibility index (Phi) is 7.34.